The first-order chi connectivity index (χ1) is 9.73. The van der Waals surface area contributed by atoms with Crippen LogP contribution in [-0.4, -0.2) is 41.9 Å². The minimum atomic E-state index is -0.826. The van der Waals surface area contributed by atoms with Crippen LogP contribution in [0.5, 0.6) is 0 Å². The van der Waals surface area contributed by atoms with E-state index in [9.17, 15) is 9.59 Å². The molecule has 0 spiro atoms. The van der Waals surface area contributed by atoms with Crippen LogP contribution in [0.4, 0.5) is 4.79 Å². The van der Waals surface area contributed by atoms with Crippen LogP contribution in [0.15, 0.2) is 0 Å². The van der Waals surface area contributed by atoms with E-state index in [4.69, 9.17) is 9.84 Å². The molecule has 1 saturated heterocycles. The Labute approximate surface area is 126 Å². The van der Waals surface area contributed by atoms with Gasteiger partial charge < -0.3 is 20.5 Å². The molecule has 1 rings (SSSR count). The molecular weight excluding hydrogens is 272 g/mol. The second-order valence-electron chi connectivity index (χ2n) is 6.61. The largest absolute Gasteiger partial charge is 0.481 e. The highest BCUT2D eigenvalue weighted by Crippen LogP contribution is 2.24. The van der Waals surface area contributed by atoms with Crippen LogP contribution in [-0.2, 0) is 9.53 Å². The summed E-state index contributed by atoms with van der Waals surface area (Å²) in [6.45, 7) is 9.03. The third-order valence-corrected chi connectivity index (χ3v) is 4.10. The number of aliphatic carboxylic acids is 1. The molecule has 0 radical (unpaired) electrons. The molecule has 0 aromatic carbocycles. The molecule has 0 aliphatic carbocycles. The molecule has 1 aliphatic rings. The van der Waals surface area contributed by atoms with Gasteiger partial charge in [-0.05, 0) is 38.5 Å². The maximum atomic E-state index is 12.0. The number of rotatable bonds is 7. The van der Waals surface area contributed by atoms with Crippen molar-refractivity contribution in [2.75, 3.05) is 13.2 Å². The quantitative estimate of drug-likeness (QED) is 0.671. The number of amides is 2. The van der Waals surface area contributed by atoms with Gasteiger partial charge >= 0.3 is 12.0 Å². The maximum absolute atomic E-state index is 12.0. The van der Waals surface area contributed by atoms with Crippen LogP contribution >= 0.6 is 0 Å². The maximum Gasteiger partial charge on any atom is 0.315 e. The van der Waals surface area contributed by atoms with Crippen molar-refractivity contribution < 1.29 is 19.4 Å². The van der Waals surface area contributed by atoms with Crippen molar-refractivity contribution in [3.8, 4) is 0 Å². The number of hydrogen-bond acceptors (Lipinski definition) is 3. The van der Waals surface area contributed by atoms with Gasteiger partial charge in [0, 0.05) is 19.6 Å². The average molecular weight is 300 g/mol. The molecule has 0 aromatic rings. The average Bonchev–Trinajstić information content (AvgIpc) is 2.65. The Morgan fingerprint density at radius 2 is 2.10 bits per heavy atom. The number of hydrogen-bond donors (Lipinski definition) is 3. The van der Waals surface area contributed by atoms with E-state index >= 15 is 0 Å². The highest BCUT2D eigenvalue weighted by Gasteiger charge is 2.38. The predicted octanol–water partition coefficient (Wildman–Crippen LogP) is 1.99. The van der Waals surface area contributed by atoms with Crippen LogP contribution in [0.2, 0.25) is 0 Å². The molecule has 0 aromatic heterocycles. The summed E-state index contributed by atoms with van der Waals surface area (Å²) < 4.78 is 5.48. The fourth-order valence-corrected chi connectivity index (χ4v) is 2.69. The van der Waals surface area contributed by atoms with Crippen LogP contribution < -0.4 is 10.6 Å². The van der Waals surface area contributed by atoms with Gasteiger partial charge in [0.25, 0.3) is 0 Å². The molecule has 21 heavy (non-hydrogen) atoms. The van der Waals surface area contributed by atoms with Gasteiger partial charge in [0.2, 0.25) is 0 Å². The van der Waals surface area contributed by atoms with Crippen molar-refractivity contribution in [3.63, 3.8) is 0 Å². The molecule has 122 valence electrons. The Balaban J connectivity index is 2.43. The first kappa shape index (κ1) is 17.8. The van der Waals surface area contributed by atoms with Crippen molar-refractivity contribution in [1.82, 2.24) is 10.6 Å². The summed E-state index contributed by atoms with van der Waals surface area (Å²) in [4.78, 5) is 22.9. The molecule has 3 atom stereocenters. The molecule has 3 unspecified atom stereocenters. The Morgan fingerprint density at radius 3 is 2.57 bits per heavy atom. The van der Waals surface area contributed by atoms with E-state index in [0.717, 1.165) is 12.8 Å². The number of ether oxygens (including phenoxy) is 1. The standard InChI is InChI=1S/C15H28N2O4/c1-10(2)7-12(8-13(18)19)9-16-14(20)17-15(4)5-6-21-11(15)3/h10-12H,5-9H2,1-4H3,(H,18,19)(H2,16,17,20). The number of nitrogens with one attached hydrogen (secondary N) is 2. The van der Waals surface area contributed by atoms with Crippen molar-refractivity contribution in [3.05, 3.63) is 0 Å². The molecule has 0 bridgehead atoms. The van der Waals surface area contributed by atoms with E-state index in [1.165, 1.54) is 0 Å². The summed E-state index contributed by atoms with van der Waals surface area (Å²) in [6.07, 6.45) is 1.62. The SMILES string of the molecule is CC(C)CC(CNC(=O)NC1(C)CCOC1C)CC(=O)O. The van der Waals surface area contributed by atoms with Crippen LogP contribution in [0.3, 0.4) is 0 Å². The number of carboxylic acid groups (broad SMARTS) is 1. The van der Waals surface area contributed by atoms with Crippen molar-refractivity contribution in [1.29, 1.82) is 0 Å². The van der Waals surface area contributed by atoms with E-state index < -0.39 is 5.97 Å². The van der Waals surface area contributed by atoms with Gasteiger partial charge in [-0.2, -0.15) is 0 Å². The van der Waals surface area contributed by atoms with Gasteiger partial charge in [-0.1, -0.05) is 13.8 Å². The molecule has 1 heterocycles. The fourth-order valence-electron chi connectivity index (χ4n) is 2.69. The second-order valence-corrected chi connectivity index (χ2v) is 6.61. The molecule has 6 nitrogen and oxygen atoms in total. The van der Waals surface area contributed by atoms with E-state index in [1.54, 1.807) is 0 Å². The monoisotopic (exact) mass is 300 g/mol. The summed E-state index contributed by atoms with van der Waals surface area (Å²) >= 11 is 0. The first-order valence-corrected chi connectivity index (χ1v) is 7.62. The zero-order valence-corrected chi connectivity index (χ0v) is 13.4. The van der Waals surface area contributed by atoms with E-state index in [2.05, 4.69) is 10.6 Å². The summed E-state index contributed by atoms with van der Waals surface area (Å²) in [5, 5.41) is 14.7. The molecular formula is C15H28N2O4. The van der Waals surface area contributed by atoms with E-state index in [-0.39, 0.29) is 30.0 Å². The summed E-state index contributed by atoms with van der Waals surface area (Å²) in [5.41, 5.74) is -0.357. The Morgan fingerprint density at radius 1 is 1.43 bits per heavy atom. The van der Waals surface area contributed by atoms with Crippen LogP contribution in [0.25, 0.3) is 0 Å². The van der Waals surface area contributed by atoms with E-state index in [1.807, 2.05) is 27.7 Å². The lowest BCUT2D eigenvalue weighted by Gasteiger charge is -2.29. The summed E-state index contributed by atoms with van der Waals surface area (Å²) in [5.74, 6) is -0.467. The Bertz CT molecular complexity index is 373. The number of urea groups is 1. The van der Waals surface area contributed by atoms with Crippen molar-refractivity contribution >= 4 is 12.0 Å². The highest BCUT2D eigenvalue weighted by molar-refractivity contribution is 5.75. The Hall–Kier alpha value is -1.30. The molecule has 1 fully saturated rings. The molecule has 3 N–H and O–H groups in total. The fraction of sp³-hybridized carbons (Fsp3) is 0.867. The smallest absolute Gasteiger partial charge is 0.315 e. The lowest BCUT2D eigenvalue weighted by Crippen LogP contribution is -2.54. The lowest BCUT2D eigenvalue weighted by atomic mass is 9.94. The molecule has 6 heteroatoms. The zero-order valence-electron chi connectivity index (χ0n) is 13.4. The first-order valence-electron chi connectivity index (χ1n) is 7.62. The van der Waals surface area contributed by atoms with Crippen LogP contribution in [0.1, 0.15) is 47.0 Å². The summed E-state index contributed by atoms with van der Waals surface area (Å²) in [7, 11) is 0. The van der Waals surface area contributed by atoms with Gasteiger partial charge in [-0.3, -0.25) is 4.79 Å². The van der Waals surface area contributed by atoms with E-state index in [0.29, 0.717) is 19.1 Å². The normalized spacial score (nSPS) is 26.6. The third-order valence-electron chi connectivity index (χ3n) is 4.10. The lowest BCUT2D eigenvalue weighted by molar-refractivity contribution is -0.138. The highest BCUT2D eigenvalue weighted by atomic mass is 16.5. The minimum Gasteiger partial charge on any atom is -0.481 e. The molecule has 0 saturated carbocycles. The van der Waals surface area contributed by atoms with Gasteiger partial charge in [0.1, 0.15) is 0 Å². The van der Waals surface area contributed by atoms with Crippen molar-refractivity contribution in [2.45, 2.75) is 58.6 Å². The molecule has 1 aliphatic heterocycles. The molecule has 2 amide bonds. The third kappa shape index (κ3) is 5.91. The number of carboxylic acids is 1. The van der Waals surface area contributed by atoms with Gasteiger partial charge in [-0.25, -0.2) is 4.79 Å². The van der Waals surface area contributed by atoms with Gasteiger partial charge in [0.15, 0.2) is 0 Å². The van der Waals surface area contributed by atoms with Crippen molar-refractivity contribution in [2.24, 2.45) is 11.8 Å². The zero-order chi connectivity index (χ0) is 16.0. The number of carbonyl (C=O) groups excluding carboxylic acids is 1. The predicted molar refractivity (Wildman–Crippen MR) is 80.2 cm³/mol. The number of carbonyl (C=O) groups is 2. The summed E-state index contributed by atoms with van der Waals surface area (Å²) in [6, 6.07) is -0.256. The Kier molecular flexibility index (Phi) is 6.45. The van der Waals surface area contributed by atoms with Gasteiger partial charge in [0.05, 0.1) is 11.6 Å². The second kappa shape index (κ2) is 7.64. The topological polar surface area (TPSA) is 87.7 Å². The van der Waals surface area contributed by atoms with Crippen LogP contribution in [0, 0.1) is 11.8 Å². The minimum absolute atomic E-state index is 0.0197. The van der Waals surface area contributed by atoms with Gasteiger partial charge in [-0.15, -0.1) is 0 Å².